The van der Waals surface area contributed by atoms with Gasteiger partial charge in [0.05, 0.1) is 6.10 Å². The van der Waals surface area contributed by atoms with Gasteiger partial charge in [0.2, 0.25) is 0 Å². The van der Waals surface area contributed by atoms with E-state index in [0.29, 0.717) is 12.2 Å². The van der Waals surface area contributed by atoms with E-state index in [1.807, 2.05) is 32.0 Å². The third-order valence-corrected chi connectivity index (χ3v) is 4.08. The van der Waals surface area contributed by atoms with Crippen LogP contribution in [0.4, 0.5) is 5.69 Å². The Morgan fingerprint density at radius 2 is 1.73 bits per heavy atom. The molecule has 1 aliphatic carbocycles. The molecule has 3 N–H and O–H groups in total. The number of anilines is 1. The Balaban J connectivity index is 1.85. The first-order valence-corrected chi connectivity index (χ1v) is 7.81. The van der Waals surface area contributed by atoms with Crippen LogP contribution in [0.15, 0.2) is 18.2 Å². The summed E-state index contributed by atoms with van der Waals surface area (Å²) < 4.78 is 0. The lowest BCUT2D eigenvalue weighted by Crippen LogP contribution is -2.41. The van der Waals surface area contributed by atoms with E-state index in [-0.39, 0.29) is 12.0 Å². The fraction of sp³-hybridized carbons (Fsp3) is 0.529. The van der Waals surface area contributed by atoms with Crippen molar-refractivity contribution in [3.05, 3.63) is 29.3 Å². The number of amides is 2. The molecule has 0 radical (unpaired) electrons. The number of carbonyl (C=O) groups excluding carboxylic acids is 2. The van der Waals surface area contributed by atoms with Crippen molar-refractivity contribution < 1.29 is 14.7 Å². The molecule has 1 saturated carbocycles. The van der Waals surface area contributed by atoms with Gasteiger partial charge in [-0.2, -0.15) is 0 Å². The Labute approximate surface area is 131 Å². The van der Waals surface area contributed by atoms with E-state index in [1.165, 1.54) is 0 Å². The van der Waals surface area contributed by atoms with Gasteiger partial charge in [-0.3, -0.25) is 9.59 Å². The summed E-state index contributed by atoms with van der Waals surface area (Å²) in [6.07, 6.45) is 3.37. The van der Waals surface area contributed by atoms with Crippen molar-refractivity contribution in [2.45, 2.75) is 45.6 Å². The van der Waals surface area contributed by atoms with Crippen molar-refractivity contribution >= 4 is 17.5 Å². The molecule has 0 aliphatic heterocycles. The average Bonchev–Trinajstić information content (AvgIpc) is 2.45. The fourth-order valence-electron chi connectivity index (χ4n) is 2.96. The van der Waals surface area contributed by atoms with Gasteiger partial charge in [-0.25, -0.2) is 0 Å². The first-order chi connectivity index (χ1) is 10.5. The van der Waals surface area contributed by atoms with Crippen LogP contribution < -0.4 is 10.6 Å². The lowest BCUT2D eigenvalue weighted by molar-refractivity contribution is -0.136. The molecule has 5 heteroatoms. The van der Waals surface area contributed by atoms with Crippen molar-refractivity contribution in [2.24, 2.45) is 5.92 Å². The highest BCUT2D eigenvalue weighted by molar-refractivity contribution is 6.39. The van der Waals surface area contributed by atoms with Gasteiger partial charge in [-0.15, -0.1) is 0 Å². The van der Waals surface area contributed by atoms with Gasteiger partial charge >= 0.3 is 11.8 Å². The lowest BCUT2D eigenvalue weighted by Gasteiger charge is -2.27. The molecular formula is C17H24N2O3. The van der Waals surface area contributed by atoms with Crippen molar-refractivity contribution in [1.82, 2.24) is 5.32 Å². The van der Waals surface area contributed by atoms with Crippen molar-refractivity contribution in [1.29, 1.82) is 0 Å². The molecule has 0 unspecified atom stereocenters. The van der Waals surface area contributed by atoms with Crippen LogP contribution >= 0.6 is 0 Å². The highest BCUT2D eigenvalue weighted by Gasteiger charge is 2.24. The van der Waals surface area contributed by atoms with E-state index in [4.69, 9.17) is 0 Å². The van der Waals surface area contributed by atoms with Gasteiger partial charge in [0.25, 0.3) is 0 Å². The molecule has 1 aromatic carbocycles. The summed E-state index contributed by atoms with van der Waals surface area (Å²) in [6, 6.07) is 5.65. The van der Waals surface area contributed by atoms with Crippen LogP contribution in [0.5, 0.6) is 0 Å². The summed E-state index contributed by atoms with van der Waals surface area (Å²) in [5, 5.41) is 15.1. The van der Waals surface area contributed by atoms with E-state index in [1.54, 1.807) is 0 Å². The topological polar surface area (TPSA) is 78.4 Å². The highest BCUT2D eigenvalue weighted by atomic mass is 16.3. The minimum Gasteiger partial charge on any atom is -0.393 e. The van der Waals surface area contributed by atoms with Gasteiger partial charge in [-0.05, 0) is 49.9 Å². The molecule has 120 valence electrons. The molecule has 2 rings (SSSR count). The molecule has 1 fully saturated rings. The molecule has 1 aliphatic rings. The van der Waals surface area contributed by atoms with Crippen molar-refractivity contribution in [3.63, 3.8) is 0 Å². The predicted octanol–water partition coefficient (Wildman–Crippen LogP) is 1.91. The highest BCUT2D eigenvalue weighted by Crippen LogP contribution is 2.23. The third-order valence-electron chi connectivity index (χ3n) is 4.08. The second-order valence-electron chi connectivity index (χ2n) is 6.15. The summed E-state index contributed by atoms with van der Waals surface area (Å²) in [5.41, 5.74) is 2.68. The van der Waals surface area contributed by atoms with Gasteiger partial charge < -0.3 is 15.7 Å². The average molecular weight is 304 g/mol. The van der Waals surface area contributed by atoms with E-state index in [2.05, 4.69) is 10.6 Å². The predicted molar refractivity (Wildman–Crippen MR) is 85.5 cm³/mol. The fourth-order valence-corrected chi connectivity index (χ4v) is 2.96. The summed E-state index contributed by atoms with van der Waals surface area (Å²) in [5.74, 6) is -1.28. The van der Waals surface area contributed by atoms with Crippen LogP contribution in [0.25, 0.3) is 0 Å². The molecule has 5 nitrogen and oxygen atoms in total. The Morgan fingerprint density at radius 1 is 1.09 bits per heavy atom. The Bertz CT molecular complexity index is 537. The van der Waals surface area contributed by atoms with Crippen LogP contribution in [0, 0.1) is 19.8 Å². The minimum absolute atomic E-state index is 0.0479. The molecule has 0 bridgehead atoms. The summed E-state index contributed by atoms with van der Waals surface area (Å²) in [7, 11) is 0. The summed E-state index contributed by atoms with van der Waals surface area (Å²) in [6.45, 7) is 4.22. The minimum atomic E-state index is -0.671. The zero-order valence-electron chi connectivity index (χ0n) is 13.2. The van der Waals surface area contributed by atoms with Crippen LogP contribution in [-0.2, 0) is 9.59 Å². The Kier molecular flexibility index (Phi) is 5.55. The maximum absolute atomic E-state index is 11.9. The van der Waals surface area contributed by atoms with Crippen molar-refractivity contribution in [2.75, 3.05) is 11.9 Å². The smallest absolute Gasteiger partial charge is 0.313 e. The zero-order chi connectivity index (χ0) is 16.1. The number of aliphatic hydroxyl groups excluding tert-OH is 1. The lowest BCUT2D eigenvalue weighted by atomic mass is 9.86. The van der Waals surface area contributed by atoms with E-state index in [9.17, 15) is 14.7 Å². The number of rotatable bonds is 3. The summed E-state index contributed by atoms with van der Waals surface area (Å²) in [4.78, 5) is 23.8. The normalized spacial score (nSPS) is 21.2. The van der Waals surface area contributed by atoms with Crippen LogP contribution in [0.1, 0.15) is 36.8 Å². The second-order valence-corrected chi connectivity index (χ2v) is 6.15. The largest absolute Gasteiger partial charge is 0.393 e. The maximum atomic E-state index is 11.9. The number of aryl methyl sites for hydroxylation is 2. The van der Waals surface area contributed by atoms with Gasteiger partial charge in [0, 0.05) is 18.2 Å². The summed E-state index contributed by atoms with van der Waals surface area (Å²) >= 11 is 0. The van der Waals surface area contributed by atoms with E-state index < -0.39 is 11.8 Å². The Morgan fingerprint density at radius 3 is 2.36 bits per heavy atom. The number of benzene rings is 1. The Hall–Kier alpha value is -1.88. The molecule has 0 saturated heterocycles. The van der Waals surface area contributed by atoms with E-state index in [0.717, 1.165) is 36.8 Å². The van der Waals surface area contributed by atoms with Gasteiger partial charge in [0.1, 0.15) is 0 Å². The quantitative estimate of drug-likeness (QED) is 0.746. The number of hydrogen-bond acceptors (Lipinski definition) is 3. The number of carbonyl (C=O) groups is 2. The molecule has 22 heavy (non-hydrogen) atoms. The maximum Gasteiger partial charge on any atom is 0.313 e. The van der Waals surface area contributed by atoms with Crippen LogP contribution in [0.3, 0.4) is 0 Å². The van der Waals surface area contributed by atoms with Crippen LogP contribution in [0.2, 0.25) is 0 Å². The number of aliphatic hydroxyl groups is 1. The molecule has 1 aromatic rings. The van der Waals surface area contributed by atoms with E-state index >= 15 is 0 Å². The second kappa shape index (κ2) is 7.40. The molecule has 2 atom stereocenters. The molecule has 2 amide bonds. The molecule has 0 heterocycles. The molecular weight excluding hydrogens is 280 g/mol. The van der Waals surface area contributed by atoms with Gasteiger partial charge in [-0.1, -0.05) is 18.9 Å². The first-order valence-electron chi connectivity index (χ1n) is 7.81. The monoisotopic (exact) mass is 304 g/mol. The number of nitrogens with one attached hydrogen (secondary N) is 2. The first kappa shape index (κ1) is 16.5. The third kappa shape index (κ3) is 4.56. The molecule has 0 aromatic heterocycles. The van der Waals surface area contributed by atoms with Crippen molar-refractivity contribution in [3.8, 4) is 0 Å². The number of hydrogen-bond donors (Lipinski definition) is 3. The SMILES string of the molecule is Cc1cc(C)cc(NC(=O)C(=O)NC[C@H]2CCCC[C@@H]2O)c1. The molecule has 0 spiro atoms. The zero-order valence-corrected chi connectivity index (χ0v) is 13.2. The van der Waals surface area contributed by atoms with Crippen LogP contribution in [-0.4, -0.2) is 29.6 Å². The standard InChI is InChI=1S/C17H24N2O3/c1-11-7-12(2)9-14(8-11)19-17(22)16(21)18-10-13-5-3-4-6-15(13)20/h7-9,13,15,20H,3-6,10H2,1-2H3,(H,18,21)(H,19,22)/t13-,15+/m1/s1. The van der Waals surface area contributed by atoms with Gasteiger partial charge in [0.15, 0.2) is 0 Å².